The minimum Gasteiger partial charge on any atom is -0.444 e. The minimum absolute atomic E-state index is 0.168. The summed E-state index contributed by atoms with van der Waals surface area (Å²) in [4.78, 5) is 13.8. The molecule has 7 nitrogen and oxygen atoms in total. The molecule has 8 heteroatoms. The van der Waals surface area contributed by atoms with Crippen LogP contribution in [-0.2, 0) is 14.8 Å². The summed E-state index contributed by atoms with van der Waals surface area (Å²) in [7, 11) is -3.34. The van der Waals surface area contributed by atoms with Gasteiger partial charge in [0.25, 0.3) is 0 Å². The van der Waals surface area contributed by atoms with E-state index in [2.05, 4.69) is 10.0 Å². The van der Waals surface area contributed by atoms with Gasteiger partial charge in [-0.2, -0.15) is 0 Å². The number of nitrogens with one attached hydrogen (secondary N) is 2. The molecule has 0 unspecified atom stereocenters. The molecule has 1 fully saturated rings. The van der Waals surface area contributed by atoms with Crippen LogP contribution in [0.5, 0.6) is 0 Å². The van der Waals surface area contributed by atoms with Crippen molar-refractivity contribution in [2.45, 2.75) is 45.3 Å². The standard InChI is InChI=1S/C17H27N3O4S/c1-17(2,3)24-16(21)20-11-9-13(10-12-20)18-14-7-5-6-8-15(14)19-25(4,22)23/h5-8,13,18-19H,9-12H2,1-4H3. The average molecular weight is 369 g/mol. The number of hydrogen-bond donors (Lipinski definition) is 2. The van der Waals surface area contributed by atoms with Crippen molar-refractivity contribution in [2.24, 2.45) is 0 Å². The number of sulfonamides is 1. The molecule has 0 radical (unpaired) electrons. The second-order valence-electron chi connectivity index (χ2n) is 7.31. The quantitative estimate of drug-likeness (QED) is 0.852. The molecule has 1 saturated heterocycles. The molecule has 0 aromatic heterocycles. The van der Waals surface area contributed by atoms with Gasteiger partial charge < -0.3 is 15.0 Å². The molecule has 140 valence electrons. The number of anilines is 2. The molecule has 2 rings (SSSR count). The molecule has 1 aliphatic heterocycles. The number of nitrogens with zero attached hydrogens (tertiary/aromatic N) is 1. The fourth-order valence-electron chi connectivity index (χ4n) is 2.65. The Hall–Kier alpha value is -1.96. The molecular weight excluding hydrogens is 342 g/mol. The number of rotatable bonds is 4. The summed E-state index contributed by atoms with van der Waals surface area (Å²) in [5.74, 6) is 0. The van der Waals surface area contributed by atoms with Crippen molar-refractivity contribution in [3.05, 3.63) is 24.3 Å². The van der Waals surface area contributed by atoms with Crippen LogP contribution in [0.25, 0.3) is 0 Å². The lowest BCUT2D eigenvalue weighted by molar-refractivity contribution is 0.0210. The Kier molecular flexibility index (Phi) is 5.82. The highest BCUT2D eigenvalue weighted by atomic mass is 32.2. The number of hydrogen-bond acceptors (Lipinski definition) is 5. The van der Waals surface area contributed by atoms with Crippen molar-refractivity contribution in [1.29, 1.82) is 0 Å². The van der Waals surface area contributed by atoms with E-state index in [0.717, 1.165) is 24.8 Å². The Labute approximate surface area is 149 Å². The van der Waals surface area contributed by atoms with Gasteiger partial charge in [-0.25, -0.2) is 13.2 Å². The summed E-state index contributed by atoms with van der Waals surface area (Å²) in [5, 5.41) is 3.37. The third-order valence-corrected chi connectivity index (χ3v) is 4.32. The first-order chi connectivity index (χ1) is 11.5. The van der Waals surface area contributed by atoms with Crippen molar-refractivity contribution < 1.29 is 17.9 Å². The van der Waals surface area contributed by atoms with E-state index in [4.69, 9.17) is 4.74 Å². The van der Waals surface area contributed by atoms with E-state index in [0.29, 0.717) is 18.8 Å². The second-order valence-corrected chi connectivity index (χ2v) is 9.05. The highest BCUT2D eigenvalue weighted by molar-refractivity contribution is 7.92. The Morgan fingerprint density at radius 2 is 1.72 bits per heavy atom. The maximum Gasteiger partial charge on any atom is 0.410 e. The van der Waals surface area contributed by atoms with E-state index in [1.165, 1.54) is 0 Å². The number of likely N-dealkylation sites (tertiary alicyclic amines) is 1. The molecule has 1 aliphatic rings. The lowest BCUT2D eigenvalue weighted by Crippen LogP contribution is -2.44. The number of para-hydroxylation sites is 2. The zero-order valence-electron chi connectivity index (χ0n) is 15.2. The summed E-state index contributed by atoms with van der Waals surface area (Å²) >= 11 is 0. The second kappa shape index (κ2) is 7.51. The van der Waals surface area contributed by atoms with E-state index >= 15 is 0 Å². The SMILES string of the molecule is CC(C)(C)OC(=O)N1CCC(Nc2ccccc2NS(C)(=O)=O)CC1. The van der Waals surface area contributed by atoms with Crippen LogP contribution in [-0.4, -0.2) is 50.4 Å². The first-order valence-corrected chi connectivity index (χ1v) is 10.2. The van der Waals surface area contributed by atoms with E-state index < -0.39 is 15.6 Å². The minimum atomic E-state index is -3.34. The summed E-state index contributed by atoms with van der Waals surface area (Å²) in [6.45, 7) is 6.77. The normalized spacial score (nSPS) is 16.4. The molecule has 1 amide bonds. The molecule has 1 aromatic rings. The number of amides is 1. The van der Waals surface area contributed by atoms with E-state index in [9.17, 15) is 13.2 Å². The van der Waals surface area contributed by atoms with Gasteiger partial charge in [0.15, 0.2) is 0 Å². The summed E-state index contributed by atoms with van der Waals surface area (Å²) in [6, 6.07) is 7.36. The first-order valence-electron chi connectivity index (χ1n) is 8.35. The van der Waals surface area contributed by atoms with Crippen molar-refractivity contribution in [3.63, 3.8) is 0 Å². The highest BCUT2D eigenvalue weighted by Gasteiger charge is 2.27. The topological polar surface area (TPSA) is 87.7 Å². The van der Waals surface area contributed by atoms with Gasteiger partial charge in [-0.05, 0) is 45.7 Å². The van der Waals surface area contributed by atoms with Gasteiger partial charge in [-0.3, -0.25) is 4.72 Å². The predicted molar refractivity (Wildman–Crippen MR) is 99.4 cm³/mol. The Balaban J connectivity index is 1.94. The summed E-state index contributed by atoms with van der Waals surface area (Å²) < 4.78 is 30.9. The smallest absolute Gasteiger partial charge is 0.410 e. The Bertz CT molecular complexity index is 705. The van der Waals surface area contributed by atoms with Gasteiger partial charge in [0.05, 0.1) is 17.6 Å². The fourth-order valence-corrected chi connectivity index (χ4v) is 3.23. The van der Waals surface area contributed by atoms with Crippen LogP contribution in [0, 0.1) is 0 Å². The van der Waals surface area contributed by atoms with Crippen molar-refractivity contribution in [2.75, 3.05) is 29.4 Å². The van der Waals surface area contributed by atoms with Crippen molar-refractivity contribution in [3.8, 4) is 0 Å². The van der Waals surface area contributed by atoms with Gasteiger partial charge in [0.1, 0.15) is 5.60 Å². The van der Waals surface area contributed by atoms with Crippen LogP contribution >= 0.6 is 0 Å². The highest BCUT2D eigenvalue weighted by Crippen LogP contribution is 2.25. The largest absolute Gasteiger partial charge is 0.444 e. The maximum absolute atomic E-state index is 12.1. The molecule has 0 atom stereocenters. The number of ether oxygens (including phenoxy) is 1. The number of carbonyl (C=O) groups is 1. The van der Waals surface area contributed by atoms with Crippen LogP contribution in [0.2, 0.25) is 0 Å². The van der Waals surface area contributed by atoms with Crippen LogP contribution in [0.1, 0.15) is 33.6 Å². The number of carbonyl (C=O) groups excluding carboxylic acids is 1. The monoisotopic (exact) mass is 369 g/mol. The van der Waals surface area contributed by atoms with Gasteiger partial charge in [-0.1, -0.05) is 12.1 Å². The molecular formula is C17H27N3O4S. The molecule has 0 bridgehead atoms. The zero-order chi connectivity index (χ0) is 18.7. The average Bonchev–Trinajstić information content (AvgIpc) is 2.47. The van der Waals surface area contributed by atoms with Crippen LogP contribution in [0.15, 0.2) is 24.3 Å². The van der Waals surface area contributed by atoms with E-state index in [-0.39, 0.29) is 12.1 Å². The van der Waals surface area contributed by atoms with Gasteiger partial charge >= 0.3 is 6.09 Å². The number of piperidine rings is 1. The zero-order valence-corrected chi connectivity index (χ0v) is 16.0. The van der Waals surface area contributed by atoms with E-state index in [1.54, 1.807) is 17.0 Å². The lowest BCUT2D eigenvalue weighted by atomic mass is 10.0. The predicted octanol–water partition coefficient (Wildman–Crippen LogP) is 2.87. The van der Waals surface area contributed by atoms with Crippen LogP contribution in [0.3, 0.4) is 0 Å². The van der Waals surface area contributed by atoms with Crippen LogP contribution < -0.4 is 10.0 Å². The summed E-state index contributed by atoms with van der Waals surface area (Å²) in [5.41, 5.74) is 0.769. The molecule has 0 saturated carbocycles. The lowest BCUT2D eigenvalue weighted by Gasteiger charge is -2.34. The fraction of sp³-hybridized carbons (Fsp3) is 0.588. The maximum atomic E-state index is 12.1. The van der Waals surface area contributed by atoms with Gasteiger partial charge in [0.2, 0.25) is 10.0 Å². The van der Waals surface area contributed by atoms with Crippen LogP contribution in [0.4, 0.5) is 16.2 Å². The molecule has 25 heavy (non-hydrogen) atoms. The summed E-state index contributed by atoms with van der Waals surface area (Å²) in [6.07, 6.45) is 2.38. The first kappa shape index (κ1) is 19.4. The third-order valence-electron chi connectivity index (χ3n) is 3.73. The third kappa shape index (κ3) is 6.45. The van der Waals surface area contributed by atoms with Crippen molar-refractivity contribution in [1.82, 2.24) is 4.90 Å². The molecule has 0 aliphatic carbocycles. The van der Waals surface area contributed by atoms with Crippen molar-refractivity contribution >= 4 is 27.5 Å². The van der Waals surface area contributed by atoms with E-state index in [1.807, 2.05) is 32.9 Å². The Morgan fingerprint density at radius 3 is 2.24 bits per heavy atom. The van der Waals surface area contributed by atoms with Gasteiger partial charge in [0, 0.05) is 19.1 Å². The molecule has 1 heterocycles. The molecule has 0 spiro atoms. The molecule has 1 aromatic carbocycles. The Morgan fingerprint density at radius 1 is 1.16 bits per heavy atom. The number of benzene rings is 1. The van der Waals surface area contributed by atoms with Gasteiger partial charge in [-0.15, -0.1) is 0 Å². The molecule has 2 N–H and O–H groups in total.